The predicted octanol–water partition coefficient (Wildman–Crippen LogP) is -2.08. The summed E-state index contributed by atoms with van der Waals surface area (Å²) in [5.41, 5.74) is 4.53. The van der Waals surface area contributed by atoms with Crippen LogP contribution in [0.1, 0.15) is 0 Å². The Morgan fingerprint density at radius 2 is 1.86 bits per heavy atom. The Labute approximate surface area is 71.9 Å². The van der Waals surface area contributed by atoms with E-state index < -0.39 is 5.91 Å². The molecule has 0 aromatic carbocycles. The van der Waals surface area contributed by atoms with Crippen molar-refractivity contribution >= 4 is 43.6 Å². The first kappa shape index (κ1) is 15.7. The van der Waals surface area contributed by atoms with Crippen LogP contribution in [-0.4, -0.2) is 49.1 Å². The van der Waals surface area contributed by atoms with Crippen molar-refractivity contribution in [1.82, 2.24) is 0 Å². The quantitative estimate of drug-likeness (QED) is 0.322. The molecule has 3 nitrogen and oxygen atoms in total. The number of hydrogen-bond acceptors (Lipinski definition) is 1. The molecule has 0 saturated carbocycles. The summed E-state index contributed by atoms with van der Waals surface area (Å²) in [5.74, 6) is -0.481. The molecule has 0 atom stereocenters. The minimum atomic E-state index is -0.481. The van der Waals surface area contributed by atoms with Gasteiger partial charge in [-0.05, 0) is 6.08 Å². The average Bonchev–Trinajstić information content (AvgIpc) is 1.38. The summed E-state index contributed by atoms with van der Waals surface area (Å²) in [6.07, 6.45) is 1.06. The van der Waals surface area contributed by atoms with E-state index >= 15 is 0 Å². The second kappa shape index (κ2) is 9.66. The van der Waals surface area contributed by atoms with E-state index in [9.17, 15) is 4.79 Å². The molecular weight excluding hydrogens is 122 g/mol. The van der Waals surface area contributed by atoms with E-state index in [4.69, 9.17) is 0 Å². The van der Waals surface area contributed by atoms with Crippen LogP contribution in [-0.2, 0) is 4.79 Å². The molecule has 0 rings (SSSR count). The third kappa shape index (κ3) is 21.4. The van der Waals surface area contributed by atoms with Crippen LogP contribution in [0, 0.1) is 0 Å². The zero-order chi connectivity index (χ0) is 4.28. The van der Waals surface area contributed by atoms with Crippen LogP contribution >= 0.6 is 0 Å². The molecule has 0 radical (unpaired) electrons. The van der Waals surface area contributed by atoms with Crippen molar-refractivity contribution in [2.75, 3.05) is 0 Å². The van der Waals surface area contributed by atoms with Gasteiger partial charge in [-0.1, -0.05) is 6.58 Å². The van der Waals surface area contributed by atoms with E-state index in [2.05, 4.69) is 12.3 Å². The third-order valence-electron chi connectivity index (χ3n) is 0.201. The zero-order valence-electron chi connectivity index (χ0n) is 3.27. The predicted molar refractivity (Wildman–Crippen MR) is 31.5 cm³/mol. The molecule has 0 bridgehead atoms. The van der Waals surface area contributed by atoms with Gasteiger partial charge in [-0.15, -0.1) is 0 Å². The summed E-state index contributed by atoms with van der Waals surface area (Å²) in [4.78, 5) is 9.47. The fraction of sp³-hybridized carbons (Fsp3) is 0. The normalized spacial score (nSPS) is 4.57. The van der Waals surface area contributed by atoms with E-state index in [-0.39, 0.29) is 43.2 Å². The number of amides is 1. The van der Waals surface area contributed by atoms with Gasteiger partial charge in [0.1, 0.15) is 0 Å². The van der Waals surface area contributed by atoms with Gasteiger partial charge in [-0.25, -0.2) is 0 Å². The van der Waals surface area contributed by atoms with Crippen molar-refractivity contribution in [3.05, 3.63) is 12.7 Å². The minimum absolute atomic E-state index is 0. The molecule has 0 unspecified atom stereocenters. The van der Waals surface area contributed by atoms with E-state index in [1.165, 1.54) is 0 Å². The molecule has 40 valence electrons. The molecule has 7 heavy (non-hydrogen) atoms. The van der Waals surface area contributed by atoms with Crippen LogP contribution in [0.25, 0.3) is 0 Å². The molecule has 4 N–H and O–H groups in total. The van der Waals surface area contributed by atoms with Gasteiger partial charge in [0.25, 0.3) is 0 Å². The van der Waals surface area contributed by atoms with E-state index in [0.29, 0.717) is 0 Å². The van der Waals surface area contributed by atoms with Crippen molar-refractivity contribution in [2.24, 2.45) is 5.73 Å². The van der Waals surface area contributed by atoms with Crippen LogP contribution in [0.5, 0.6) is 0 Å². The Bertz CT molecular complexity index is 64.0. The Morgan fingerprint density at radius 3 is 1.86 bits per heavy atom. The average molecular weight is 131 g/mol. The van der Waals surface area contributed by atoms with Crippen molar-refractivity contribution < 1.29 is 10.3 Å². The fourth-order valence-electron chi connectivity index (χ4n) is 0. The summed E-state index contributed by atoms with van der Waals surface area (Å²) in [6.45, 7) is 3.09. The summed E-state index contributed by atoms with van der Waals surface area (Å²) in [7, 11) is 0. The van der Waals surface area contributed by atoms with E-state index in [1.807, 2.05) is 0 Å². The van der Waals surface area contributed by atoms with Crippen LogP contribution in [0.15, 0.2) is 12.7 Å². The van der Waals surface area contributed by atoms with Gasteiger partial charge in [0.2, 0.25) is 5.91 Å². The Balaban J connectivity index is -0.0000000800. The molecular formula is C3H9CaNO2. The first-order chi connectivity index (χ1) is 2.27. The number of rotatable bonds is 1. The molecule has 0 heterocycles. The van der Waals surface area contributed by atoms with Gasteiger partial charge in [0, 0.05) is 0 Å². The molecule has 1 amide bonds. The van der Waals surface area contributed by atoms with Crippen molar-refractivity contribution in [3.63, 3.8) is 0 Å². The topological polar surface area (TPSA) is 74.6 Å². The maximum atomic E-state index is 9.47. The van der Waals surface area contributed by atoms with Crippen molar-refractivity contribution in [2.45, 2.75) is 0 Å². The van der Waals surface area contributed by atoms with Gasteiger partial charge in [0.15, 0.2) is 0 Å². The van der Waals surface area contributed by atoms with Crippen LogP contribution in [0.3, 0.4) is 0 Å². The standard InChI is InChI=1S/C3H5NO.Ca.H2O.2H/c1-2-3(4)5;;;;/h2H,1H2,(H2,4,5);;1H2;;. The maximum absolute atomic E-state index is 9.47. The monoisotopic (exact) mass is 131 g/mol. The van der Waals surface area contributed by atoms with E-state index in [0.717, 1.165) is 6.08 Å². The number of carbonyl (C=O) groups is 1. The number of carbonyl (C=O) groups excluding carboxylic acids is 1. The van der Waals surface area contributed by atoms with Gasteiger partial charge in [-0.3, -0.25) is 4.79 Å². The SMILES string of the molecule is C=CC(N)=O.O.[CaH2]. The molecule has 0 aliphatic carbocycles. The summed E-state index contributed by atoms with van der Waals surface area (Å²) >= 11 is 0. The Morgan fingerprint density at radius 1 is 1.71 bits per heavy atom. The number of nitrogens with two attached hydrogens (primary N) is 1. The van der Waals surface area contributed by atoms with Crippen LogP contribution in [0.4, 0.5) is 0 Å². The Kier molecular flexibility index (Phi) is 21.6. The zero-order valence-corrected chi connectivity index (χ0v) is 3.27. The second-order valence-corrected chi connectivity index (χ2v) is 0.606. The molecule has 0 saturated heterocycles. The van der Waals surface area contributed by atoms with Crippen LogP contribution < -0.4 is 5.73 Å². The first-order valence-electron chi connectivity index (χ1n) is 1.19. The third-order valence-corrected chi connectivity index (χ3v) is 0.201. The van der Waals surface area contributed by atoms with Gasteiger partial charge < -0.3 is 11.2 Å². The second-order valence-electron chi connectivity index (χ2n) is 0.606. The van der Waals surface area contributed by atoms with Crippen molar-refractivity contribution in [3.8, 4) is 0 Å². The summed E-state index contributed by atoms with van der Waals surface area (Å²) in [6, 6.07) is 0. The first-order valence-corrected chi connectivity index (χ1v) is 1.19. The molecule has 0 spiro atoms. The van der Waals surface area contributed by atoms with Gasteiger partial charge in [0.05, 0.1) is 0 Å². The molecule has 0 aliphatic rings. The van der Waals surface area contributed by atoms with Crippen LogP contribution in [0.2, 0.25) is 0 Å². The molecule has 0 aromatic heterocycles. The van der Waals surface area contributed by atoms with Crippen molar-refractivity contribution in [1.29, 1.82) is 0 Å². The number of primary amides is 1. The summed E-state index contributed by atoms with van der Waals surface area (Å²) < 4.78 is 0. The fourth-order valence-corrected chi connectivity index (χ4v) is 0. The molecule has 0 fully saturated rings. The van der Waals surface area contributed by atoms with Gasteiger partial charge in [-0.2, -0.15) is 0 Å². The molecule has 0 aromatic rings. The van der Waals surface area contributed by atoms with Gasteiger partial charge >= 0.3 is 37.7 Å². The number of hydrogen-bond donors (Lipinski definition) is 1. The molecule has 0 aliphatic heterocycles. The Hall–Kier alpha value is 0.430. The molecule has 4 heteroatoms. The van der Waals surface area contributed by atoms with E-state index in [1.54, 1.807) is 0 Å². The summed E-state index contributed by atoms with van der Waals surface area (Å²) in [5, 5.41) is 0.